The predicted octanol–water partition coefficient (Wildman–Crippen LogP) is 5.18. The Balaban J connectivity index is 1.41. The number of carbonyl (C=O) groups is 2. The normalized spacial score (nSPS) is 19.5. The lowest BCUT2D eigenvalue weighted by Crippen LogP contribution is -2.43. The Morgan fingerprint density at radius 2 is 2.11 bits per heavy atom. The number of halogens is 1. The lowest BCUT2D eigenvalue weighted by Gasteiger charge is -2.31. The van der Waals surface area contributed by atoms with Crippen molar-refractivity contribution in [3.63, 3.8) is 0 Å². The predicted molar refractivity (Wildman–Crippen MR) is 146 cm³/mol. The highest BCUT2D eigenvalue weighted by Gasteiger charge is 2.30. The maximum Gasteiger partial charge on any atom is 0.265 e. The molecule has 0 saturated carbocycles. The van der Waals surface area contributed by atoms with Crippen LogP contribution in [0.1, 0.15) is 31.7 Å². The van der Waals surface area contributed by atoms with Crippen molar-refractivity contribution in [2.45, 2.75) is 31.1 Å². The van der Waals surface area contributed by atoms with Gasteiger partial charge in [-0.3, -0.25) is 14.5 Å². The molecule has 1 unspecified atom stereocenters. The van der Waals surface area contributed by atoms with Gasteiger partial charge in [-0.1, -0.05) is 36.9 Å². The summed E-state index contributed by atoms with van der Waals surface area (Å²) < 4.78 is 6.12. The first-order valence-corrected chi connectivity index (χ1v) is 13.7. The van der Waals surface area contributed by atoms with Crippen LogP contribution in [0, 0.1) is 5.92 Å². The monoisotopic (exact) mass is 557 g/mol. The number of carbonyl (C=O) groups excluding carboxylic acids is 2. The Morgan fingerprint density at radius 1 is 1.29 bits per heavy atom. The molecule has 0 spiro atoms. The number of para-hydroxylation sites is 1. The number of fused-ring (bicyclic) bond motifs is 1. The molecule has 1 N–H and O–H groups in total. The van der Waals surface area contributed by atoms with Crippen LogP contribution in [0.2, 0.25) is 0 Å². The van der Waals surface area contributed by atoms with Crippen molar-refractivity contribution in [2.75, 3.05) is 44.7 Å². The second kappa shape index (κ2) is 12.1. The molecule has 0 aliphatic carbocycles. The van der Waals surface area contributed by atoms with Gasteiger partial charge in [0.05, 0.1) is 22.2 Å². The first-order valence-electron chi connectivity index (χ1n) is 12.1. The fourth-order valence-electron chi connectivity index (χ4n) is 4.56. The Morgan fingerprint density at radius 3 is 2.89 bits per heavy atom. The number of thioether (sulfide) groups is 1. The fourth-order valence-corrected chi connectivity index (χ4v) is 6.18. The van der Waals surface area contributed by atoms with E-state index in [1.54, 1.807) is 12.0 Å². The van der Waals surface area contributed by atoms with E-state index in [2.05, 4.69) is 33.1 Å². The van der Waals surface area contributed by atoms with Gasteiger partial charge in [-0.25, -0.2) is 0 Å². The van der Waals surface area contributed by atoms with Gasteiger partial charge < -0.3 is 15.0 Å². The maximum atomic E-state index is 13.4. The zero-order valence-electron chi connectivity index (χ0n) is 20.3. The van der Waals surface area contributed by atoms with E-state index in [1.165, 1.54) is 24.6 Å². The third-order valence-electron chi connectivity index (χ3n) is 6.32. The van der Waals surface area contributed by atoms with Crippen molar-refractivity contribution in [2.24, 2.45) is 5.92 Å². The van der Waals surface area contributed by atoms with Crippen molar-refractivity contribution >= 4 is 51.3 Å². The molecule has 0 aromatic heterocycles. The molecule has 1 atom stereocenters. The third kappa shape index (κ3) is 6.68. The molecular weight excluding hydrogens is 526 g/mol. The number of nitrogens with zero attached hydrogens (tertiary/aromatic N) is 2. The third-order valence-corrected chi connectivity index (χ3v) is 8.02. The first kappa shape index (κ1) is 25.8. The number of anilines is 1. The smallest absolute Gasteiger partial charge is 0.265 e. The molecule has 1 fully saturated rings. The standard InChI is InChI=1S/C27H32BrN3O3S/c1-19-7-5-13-30(17-19)14-6-12-29-26(32)18-31-22-8-3-4-9-24(22)35-25(27(31)33)16-20-10-11-23(34-2)21(28)15-20/h3-4,8-11,15-16,19H,5-7,12-14,17-18H2,1-2H3,(H,29,32)/b25-16+. The van der Waals surface area contributed by atoms with Crippen molar-refractivity contribution in [1.29, 1.82) is 0 Å². The van der Waals surface area contributed by atoms with Crippen LogP contribution in [0.15, 0.2) is 56.7 Å². The van der Waals surface area contributed by atoms with E-state index in [1.807, 2.05) is 48.5 Å². The van der Waals surface area contributed by atoms with Crippen LogP contribution in [0.5, 0.6) is 5.75 Å². The van der Waals surface area contributed by atoms with E-state index >= 15 is 0 Å². The molecule has 1 saturated heterocycles. The second-order valence-corrected chi connectivity index (χ2v) is 11.1. The summed E-state index contributed by atoms with van der Waals surface area (Å²) >= 11 is 4.93. The van der Waals surface area contributed by atoms with Crippen LogP contribution in [0.3, 0.4) is 0 Å². The van der Waals surface area contributed by atoms with Crippen LogP contribution in [0.4, 0.5) is 5.69 Å². The lowest BCUT2D eigenvalue weighted by molar-refractivity contribution is -0.122. The summed E-state index contributed by atoms with van der Waals surface area (Å²) in [5, 5.41) is 3.01. The largest absolute Gasteiger partial charge is 0.496 e. The average molecular weight is 559 g/mol. The Kier molecular flexibility index (Phi) is 8.92. The number of rotatable bonds is 8. The summed E-state index contributed by atoms with van der Waals surface area (Å²) in [6, 6.07) is 13.4. The van der Waals surface area contributed by atoms with E-state index in [0.717, 1.165) is 58.3 Å². The topological polar surface area (TPSA) is 61.9 Å². The van der Waals surface area contributed by atoms with Gasteiger partial charge >= 0.3 is 0 Å². The summed E-state index contributed by atoms with van der Waals surface area (Å²) in [6.07, 6.45) is 5.34. The summed E-state index contributed by atoms with van der Waals surface area (Å²) in [6.45, 7) is 6.21. The van der Waals surface area contributed by atoms with E-state index in [-0.39, 0.29) is 18.4 Å². The van der Waals surface area contributed by atoms with Gasteiger partial charge in [-0.2, -0.15) is 0 Å². The van der Waals surface area contributed by atoms with Gasteiger partial charge in [-0.15, -0.1) is 0 Å². The number of piperidine rings is 1. The molecule has 0 bridgehead atoms. The van der Waals surface area contributed by atoms with Gasteiger partial charge in [-0.05, 0) is 90.1 Å². The van der Waals surface area contributed by atoms with Crippen LogP contribution < -0.4 is 15.0 Å². The molecule has 35 heavy (non-hydrogen) atoms. The van der Waals surface area contributed by atoms with Gasteiger partial charge in [0, 0.05) is 18.0 Å². The molecule has 8 heteroatoms. The highest BCUT2D eigenvalue weighted by molar-refractivity contribution is 9.10. The van der Waals surface area contributed by atoms with E-state index in [4.69, 9.17) is 4.74 Å². The van der Waals surface area contributed by atoms with Crippen LogP contribution in [0.25, 0.3) is 6.08 Å². The van der Waals surface area contributed by atoms with E-state index < -0.39 is 0 Å². The fraction of sp³-hybridized carbons (Fsp3) is 0.407. The molecule has 2 aromatic carbocycles. The SMILES string of the molecule is COc1ccc(/C=C2/Sc3ccccc3N(CC(=O)NCCCN3CCCC(C)C3)C2=O)cc1Br. The molecular formula is C27H32BrN3O3S. The second-order valence-electron chi connectivity index (χ2n) is 9.12. The molecule has 2 aliphatic rings. The van der Waals surface area contributed by atoms with Gasteiger partial charge in [0.25, 0.3) is 5.91 Å². The zero-order valence-corrected chi connectivity index (χ0v) is 22.7. The van der Waals surface area contributed by atoms with Crippen LogP contribution in [-0.4, -0.2) is 56.5 Å². The number of hydrogen-bond donors (Lipinski definition) is 1. The van der Waals surface area contributed by atoms with Crippen LogP contribution >= 0.6 is 27.7 Å². The van der Waals surface area contributed by atoms with Crippen molar-refractivity contribution < 1.29 is 14.3 Å². The summed E-state index contributed by atoms with van der Waals surface area (Å²) in [4.78, 5) is 31.8. The molecule has 2 aliphatic heterocycles. The minimum absolute atomic E-state index is 0.000796. The molecule has 2 aromatic rings. The van der Waals surface area contributed by atoms with Crippen LogP contribution in [-0.2, 0) is 9.59 Å². The minimum Gasteiger partial charge on any atom is -0.496 e. The maximum absolute atomic E-state index is 13.4. The average Bonchev–Trinajstić information content (AvgIpc) is 2.84. The molecule has 2 amide bonds. The molecule has 186 valence electrons. The molecule has 6 nitrogen and oxygen atoms in total. The summed E-state index contributed by atoms with van der Waals surface area (Å²) in [5.74, 6) is 1.17. The minimum atomic E-state index is -0.168. The van der Waals surface area contributed by atoms with E-state index in [0.29, 0.717) is 11.4 Å². The number of likely N-dealkylation sites (tertiary alicyclic amines) is 1. The zero-order chi connectivity index (χ0) is 24.8. The van der Waals surface area contributed by atoms with Crippen molar-refractivity contribution in [3.8, 4) is 5.75 Å². The Hall–Kier alpha value is -2.29. The first-order chi connectivity index (χ1) is 16.9. The molecule has 4 rings (SSSR count). The van der Waals surface area contributed by atoms with Gasteiger partial charge in [0.1, 0.15) is 12.3 Å². The quantitative estimate of drug-likeness (QED) is 0.358. The van der Waals surface area contributed by atoms with Crippen molar-refractivity contribution in [3.05, 3.63) is 57.4 Å². The van der Waals surface area contributed by atoms with Crippen molar-refractivity contribution in [1.82, 2.24) is 10.2 Å². The Labute approximate surface area is 220 Å². The number of nitrogens with one attached hydrogen (secondary N) is 1. The highest BCUT2D eigenvalue weighted by Crippen LogP contribution is 2.42. The summed E-state index contributed by atoms with van der Waals surface area (Å²) in [7, 11) is 1.62. The Bertz CT molecular complexity index is 1110. The van der Waals surface area contributed by atoms with Gasteiger partial charge in [0.15, 0.2) is 0 Å². The number of hydrogen-bond acceptors (Lipinski definition) is 5. The molecule has 2 heterocycles. The van der Waals surface area contributed by atoms with Gasteiger partial charge in [0.2, 0.25) is 5.91 Å². The number of benzene rings is 2. The summed E-state index contributed by atoms with van der Waals surface area (Å²) in [5.41, 5.74) is 1.65. The number of amides is 2. The van der Waals surface area contributed by atoms with E-state index in [9.17, 15) is 9.59 Å². The number of methoxy groups -OCH3 is 1. The number of ether oxygens (including phenoxy) is 1. The lowest BCUT2D eigenvalue weighted by atomic mass is 10.0. The highest BCUT2D eigenvalue weighted by atomic mass is 79.9. The molecule has 0 radical (unpaired) electrons.